The van der Waals surface area contributed by atoms with E-state index in [-0.39, 0.29) is 33.9 Å². The summed E-state index contributed by atoms with van der Waals surface area (Å²) in [4.78, 5) is 12.7. The highest BCUT2D eigenvalue weighted by molar-refractivity contribution is 7.93. The molecule has 186 valence electrons. The van der Waals surface area contributed by atoms with E-state index in [2.05, 4.69) is 10.0 Å². The first-order chi connectivity index (χ1) is 16.6. The third-order valence-corrected chi connectivity index (χ3v) is 8.11. The van der Waals surface area contributed by atoms with Gasteiger partial charge in [0, 0.05) is 13.0 Å². The summed E-state index contributed by atoms with van der Waals surface area (Å²) in [7, 11) is 0.266. The topological polar surface area (TPSA) is 98.7 Å². The fraction of sp³-hybridized carbons (Fsp3) is 0.292. The maximum Gasteiger partial charge on any atom is 0.274 e. The minimum Gasteiger partial charge on any atom is -0.497 e. The number of ether oxygens (including phenoxy) is 2. The fourth-order valence-electron chi connectivity index (χ4n) is 3.97. The third-order valence-electron chi connectivity index (χ3n) is 5.97. The average molecular weight is 522 g/mol. The van der Waals surface area contributed by atoms with Gasteiger partial charge in [-0.3, -0.25) is 14.1 Å². The Morgan fingerprint density at radius 1 is 1.14 bits per heavy atom. The van der Waals surface area contributed by atoms with Crippen molar-refractivity contribution in [2.75, 3.05) is 24.3 Å². The molecule has 4 rings (SSSR count). The van der Waals surface area contributed by atoms with Crippen molar-refractivity contribution in [3.05, 3.63) is 74.8 Å². The monoisotopic (exact) mass is 521 g/mol. The standard InChI is InChI=1S/C24H25ClFN3O5S/c1-13-8-9-18(17(26)10-13)27-23-21(22(34-4)20(25)24(30)29(23)2)28-35(31,32)19-12-16(19)14-6-5-7-15(11-14)33-3/h5-11,16,19,27-28H,12H2,1-4H3. The number of nitrogens with zero attached hydrogens (tertiary/aromatic N) is 1. The molecule has 0 aliphatic heterocycles. The van der Waals surface area contributed by atoms with E-state index in [9.17, 15) is 17.6 Å². The van der Waals surface area contributed by atoms with E-state index in [0.717, 1.165) is 10.1 Å². The summed E-state index contributed by atoms with van der Waals surface area (Å²) in [6, 6.07) is 11.7. The second-order valence-corrected chi connectivity index (χ2v) is 10.6. The Kier molecular flexibility index (Phi) is 6.70. The van der Waals surface area contributed by atoms with Gasteiger partial charge in [-0.2, -0.15) is 0 Å². The van der Waals surface area contributed by atoms with Crippen LogP contribution in [0.4, 0.5) is 21.6 Å². The molecule has 0 saturated heterocycles. The molecule has 1 aliphatic carbocycles. The maximum absolute atomic E-state index is 14.6. The first kappa shape index (κ1) is 24.9. The van der Waals surface area contributed by atoms with Crippen LogP contribution in [-0.2, 0) is 17.1 Å². The van der Waals surface area contributed by atoms with E-state index in [1.807, 2.05) is 6.07 Å². The van der Waals surface area contributed by atoms with Gasteiger partial charge in [-0.1, -0.05) is 29.8 Å². The zero-order valence-electron chi connectivity index (χ0n) is 19.6. The minimum atomic E-state index is -3.95. The van der Waals surface area contributed by atoms with Gasteiger partial charge in [-0.15, -0.1) is 0 Å². The molecule has 35 heavy (non-hydrogen) atoms. The Labute approximate surface area is 207 Å². The molecule has 11 heteroatoms. The van der Waals surface area contributed by atoms with E-state index < -0.39 is 26.6 Å². The predicted molar refractivity (Wildman–Crippen MR) is 134 cm³/mol. The number of halogens is 2. The number of aryl methyl sites for hydroxylation is 1. The lowest BCUT2D eigenvalue weighted by Crippen LogP contribution is -2.26. The summed E-state index contributed by atoms with van der Waals surface area (Å²) in [5, 5.41) is 1.80. The van der Waals surface area contributed by atoms with Crippen LogP contribution in [0.3, 0.4) is 0 Å². The van der Waals surface area contributed by atoms with E-state index >= 15 is 0 Å². The van der Waals surface area contributed by atoms with Crippen molar-refractivity contribution in [3.63, 3.8) is 0 Å². The number of pyridine rings is 1. The molecule has 1 saturated carbocycles. The quantitative estimate of drug-likeness (QED) is 0.451. The van der Waals surface area contributed by atoms with Crippen LogP contribution in [-0.4, -0.2) is 32.5 Å². The molecule has 0 amide bonds. The Balaban J connectivity index is 1.73. The number of rotatable bonds is 8. The van der Waals surface area contributed by atoms with E-state index in [4.69, 9.17) is 21.1 Å². The summed E-state index contributed by atoms with van der Waals surface area (Å²) < 4.78 is 55.5. The Morgan fingerprint density at radius 3 is 2.54 bits per heavy atom. The van der Waals surface area contributed by atoms with Crippen molar-refractivity contribution in [2.45, 2.75) is 24.5 Å². The number of anilines is 3. The van der Waals surface area contributed by atoms with Gasteiger partial charge >= 0.3 is 0 Å². The molecule has 0 radical (unpaired) electrons. The summed E-state index contributed by atoms with van der Waals surface area (Å²) in [5.74, 6) is -0.340. The second kappa shape index (κ2) is 9.43. The largest absolute Gasteiger partial charge is 0.497 e. The number of nitrogens with one attached hydrogen (secondary N) is 2. The lowest BCUT2D eigenvalue weighted by molar-refractivity contribution is 0.414. The highest BCUT2D eigenvalue weighted by atomic mass is 35.5. The fourth-order valence-corrected chi connectivity index (χ4v) is 5.94. The second-order valence-electron chi connectivity index (χ2n) is 8.35. The Morgan fingerprint density at radius 2 is 1.89 bits per heavy atom. The maximum atomic E-state index is 14.6. The molecule has 0 spiro atoms. The molecule has 1 heterocycles. The molecule has 2 unspecified atom stereocenters. The van der Waals surface area contributed by atoms with Crippen LogP contribution in [0.2, 0.25) is 5.02 Å². The van der Waals surface area contributed by atoms with Crippen LogP contribution >= 0.6 is 11.6 Å². The summed E-state index contributed by atoms with van der Waals surface area (Å²) >= 11 is 6.20. The molecule has 1 aromatic heterocycles. The van der Waals surface area contributed by atoms with E-state index in [1.165, 1.54) is 26.3 Å². The molecule has 8 nitrogen and oxygen atoms in total. The van der Waals surface area contributed by atoms with Gasteiger partial charge < -0.3 is 14.8 Å². The van der Waals surface area contributed by atoms with Gasteiger partial charge in [-0.05, 0) is 48.7 Å². The van der Waals surface area contributed by atoms with Crippen molar-refractivity contribution in [2.24, 2.45) is 7.05 Å². The molecular weight excluding hydrogens is 497 g/mol. The lowest BCUT2D eigenvalue weighted by Gasteiger charge is -2.21. The molecule has 2 aromatic carbocycles. The number of hydrogen-bond donors (Lipinski definition) is 2. The van der Waals surface area contributed by atoms with Crippen molar-refractivity contribution < 1.29 is 22.3 Å². The minimum absolute atomic E-state index is 0.0128. The zero-order valence-corrected chi connectivity index (χ0v) is 21.1. The van der Waals surface area contributed by atoms with Gasteiger partial charge in [0.2, 0.25) is 10.0 Å². The number of sulfonamides is 1. The van der Waals surface area contributed by atoms with Crippen molar-refractivity contribution >= 4 is 38.8 Å². The van der Waals surface area contributed by atoms with Crippen molar-refractivity contribution in [3.8, 4) is 11.5 Å². The smallest absolute Gasteiger partial charge is 0.274 e. The average Bonchev–Trinajstić information content (AvgIpc) is 3.64. The van der Waals surface area contributed by atoms with Crippen LogP contribution in [0.1, 0.15) is 23.5 Å². The first-order valence-electron chi connectivity index (χ1n) is 10.7. The lowest BCUT2D eigenvalue weighted by atomic mass is 10.1. The van der Waals surface area contributed by atoms with Crippen LogP contribution in [0.15, 0.2) is 47.3 Å². The van der Waals surface area contributed by atoms with Crippen LogP contribution in [0.5, 0.6) is 11.5 Å². The van der Waals surface area contributed by atoms with Gasteiger partial charge in [0.15, 0.2) is 10.8 Å². The van der Waals surface area contributed by atoms with Crippen LogP contribution < -0.4 is 25.1 Å². The molecule has 2 N–H and O–H groups in total. The van der Waals surface area contributed by atoms with Gasteiger partial charge in [0.05, 0.1) is 25.2 Å². The van der Waals surface area contributed by atoms with Gasteiger partial charge in [0.25, 0.3) is 5.56 Å². The summed E-state index contributed by atoms with van der Waals surface area (Å²) in [5.41, 5.74) is 0.869. The van der Waals surface area contributed by atoms with Crippen LogP contribution in [0.25, 0.3) is 0 Å². The first-order valence-corrected chi connectivity index (χ1v) is 12.6. The van der Waals surface area contributed by atoms with Gasteiger partial charge in [0.1, 0.15) is 23.1 Å². The number of methoxy groups -OCH3 is 2. The van der Waals surface area contributed by atoms with Crippen LogP contribution in [0, 0.1) is 12.7 Å². The SMILES string of the molecule is COc1cccc(C2CC2S(=O)(=O)Nc2c(OC)c(Cl)c(=O)n(C)c2Nc2ccc(C)cc2F)c1. The molecule has 1 aliphatic rings. The highest BCUT2D eigenvalue weighted by Crippen LogP contribution is 2.48. The van der Waals surface area contributed by atoms with Gasteiger partial charge in [-0.25, -0.2) is 12.8 Å². The number of hydrogen-bond acceptors (Lipinski definition) is 6. The van der Waals surface area contributed by atoms with E-state index in [0.29, 0.717) is 17.7 Å². The summed E-state index contributed by atoms with van der Waals surface area (Å²) in [6.45, 7) is 1.74. The zero-order chi connectivity index (χ0) is 25.5. The van der Waals surface area contributed by atoms with Crippen molar-refractivity contribution in [1.82, 2.24) is 4.57 Å². The molecule has 3 aromatic rings. The molecule has 2 atom stereocenters. The van der Waals surface area contributed by atoms with Crippen molar-refractivity contribution in [1.29, 1.82) is 0 Å². The highest BCUT2D eigenvalue weighted by Gasteiger charge is 2.49. The Bertz CT molecular complexity index is 1460. The normalized spacial score (nSPS) is 17.1. The van der Waals surface area contributed by atoms with E-state index in [1.54, 1.807) is 38.3 Å². The molecule has 0 bridgehead atoms. The number of aromatic nitrogens is 1. The third kappa shape index (κ3) is 4.81. The molecular formula is C24H25ClFN3O5S. The Hall–Kier alpha value is -3.24. The molecule has 1 fully saturated rings. The predicted octanol–water partition coefficient (Wildman–Crippen LogP) is 4.54. The number of benzene rings is 2. The summed E-state index contributed by atoms with van der Waals surface area (Å²) in [6.07, 6.45) is 0.402.